The summed E-state index contributed by atoms with van der Waals surface area (Å²) in [7, 11) is -3.30. The highest BCUT2D eigenvalue weighted by Crippen LogP contribution is 2.43. The zero-order valence-corrected chi connectivity index (χ0v) is 18.4. The summed E-state index contributed by atoms with van der Waals surface area (Å²) in [5, 5.41) is 0. The molecule has 0 bridgehead atoms. The lowest BCUT2D eigenvalue weighted by atomic mass is 10.0. The van der Waals surface area contributed by atoms with Crippen molar-refractivity contribution in [2.45, 2.75) is 57.3 Å². The molecule has 1 unspecified atom stereocenters. The van der Waals surface area contributed by atoms with Crippen LogP contribution in [-0.2, 0) is 23.3 Å². The van der Waals surface area contributed by atoms with E-state index in [-0.39, 0.29) is 6.16 Å². The van der Waals surface area contributed by atoms with E-state index in [1.54, 1.807) is 0 Å². The molecule has 0 saturated heterocycles. The van der Waals surface area contributed by atoms with Crippen LogP contribution in [0, 0.1) is 0 Å². The van der Waals surface area contributed by atoms with Gasteiger partial charge in [-0.15, -0.1) is 0 Å². The minimum absolute atomic E-state index is 0.197. The number of hydrogen-bond donors (Lipinski definition) is 0. The van der Waals surface area contributed by atoms with E-state index < -0.39 is 42.4 Å². The van der Waals surface area contributed by atoms with Gasteiger partial charge >= 0.3 is 12.4 Å². The van der Waals surface area contributed by atoms with Crippen molar-refractivity contribution in [3.8, 4) is 0 Å². The SMILES string of the molecule is O=C(c1c(C(F)(F)F)cccc1C(F)(F)F)[PH](=O)CCCCCCCCc1ccccc1. The molecule has 0 radical (unpaired) electrons. The molecule has 0 aromatic heterocycles. The Morgan fingerprint density at radius 2 is 1.19 bits per heavy atom. The van der Waals surface area contributed by atoms with Crippen LogP contribution in [0.2, 0.25) is 0 Å². The normalized spacial score (nSPS) is 13.2. The molecular weight excluding hydrogens is 453 g/mol. The van der Waals surface area contributed by atoms with Crippen molar-refractivity contribution >= 4 is 13.3 Å². The number of alkyl halides is 6. The molecule has 9 heteroatoms. The highest BCUT2D eigenvalue weighted by Gasteiger charge is 2.43. The van der Waals surface area contributed by atoms with Crippen LogP contribution < -0.4 is 0 Å². The summed E-state index contributed by atoms with van der Waals surface area (Å²) in [5.41, 5.74) is -5.24. The van der Waals surface area contributed by atoms with Crippen molar-refractivity contribution in [2.24, 2.45) is 0 Å². The van der Waals surface area contributed by atoms with Gasteiger partial charge in [0.2, 0.25) is 5.52 Å². The number of halogens is 6. The Morgan fingerprint density at radius 3 is 1.72 bits per heavy atom. The number of carbonyl (C=O) groups is 1. The van der Waals surface area contributed by atoms with Gasteiger partial charge in [-0.2, -0.15) is 26.3 Å². The zero-order chi connectivity index (χ0) is 23.8. The average molecular weight is 478 g/mol. The molecule has 0 aliphatic heterocycles. The molecule has 0 N–H and O–H groups in total. The van der Waals surface area contributed by atoms with Crippen molar-refractivity contribution in [3.05, 3.63) is 70.8 Å². The second-order valence-electron chi connectivity index (χ2n) is 7.58. The molecule has 2 rings (SSSR count). The highest BCUT2D eigenvalue weighted by atomic mass is 31.1. The summed E-state index contributed by atoms with van der Waals surface area (Å²) in [4.78, 5) is 12.4. The molecule has 0 saturated carbocycles. The third-order valence-electron chi connectivity index (χ3n) is 5.12. The van der Waals surface area contributed by atoms with E-state index in [0.717, 1.165) is 32.1 Å². The first kappa shape index (κ1) is 26.2. The predicted molar refractivity (Wildman–Crippen MR) is 112 cm³/mol. The van der Waals surface area contributed by atoms with Crippen LogP contribution in [0.15, 0.2) is 48.5 Å². The Labute approximate surface area is 183 Å². The van der Waals surface area contributed by atoms with Crippen molar-refractivity contribution in [3.63, 3.8) is 0 Å². The summed E-state index contributed by atoms with van der Waals surface area (Å²) in [6, 6.07) is 11.4. The first-order chi connectivity index (χ1) is 15.0. The van der Waals surface area contributed by atoms with Crippen molar-refractivity contribution < 1.29 is 35.7 Å². The Bertz CT molecular complexity index is 875. The van der Waals surface area contributed by atoms with E-state index in [0.29, 0.717) is 31.0 Å². The van der Waals surface area contributed by atoms with E-state index >= 15 is 0 Å². The monoisotopic (exact) mass is 478 g/mol. The second kappa shape index (κ2) is 11.7. The molecule has 0 heterocycles. The van der Waals surface area contributed by atoms with Gasteiger partial charge in [-0.3, -0.25) is 4.79 Å². The van der Waals surface area contributed by atoms with Gasteiger partial charge in [0.05, 0.1) is 11.1 Å². The number of aryl methyl sites for hydroxylation is 1. The minimum atomic E-state index is -5.16. The molecule has 0 amide bonds. The average Bonchev–Trinajstić information content (AvgIpc) is 2.73. The van der Waals surface area contributed by atoms with Gasteiger partial charge in [0.15, 0.2) is 0 Å². The smallest absolute Gasteiger partial charge is 0.318 e. The fourth-order valence-electron chi connectivity index (χ4n) is 3.49. The predicted octanol–water partition coefficient (Wildman–Crippen LogP) is 8.01. The fraction of sp³-hybridized carbons (Fsp3) is 0.435. The largest absolute Gasteiger partial charge is 0.417 e. The lowest BCUT2D eigenvalue weighted by Crippen LogP contribution is -2.19. The van der Waals surface area contributed by atoms with Crippen LogP contribution in [-0.4, -0.2) is 11.7 Å². The number of hydrogen-bond acceptors (Lipinski definition) is 2. The van der Waals surface area contributed by atoms with Gasteiger partial charge in [-0.05, 0) is 37.0 Å². The number of rotatable bonds is 11. The molecule has 0 aliphatic carbocycles. The Kier molecular flexibility index (Phi) is 9.56. The maximum absolute atomic E-state index is 13.2. The van der Waals surface area contributed by atoms with E-state index in [1.807, 2.05) is 18.2 Å². The van der Waals surface area contributed by atoms with Gasteiger partial charge in [-0.25, -0.2) is 0 Å². The third kappa shape index (κ3) is 7.80. The van der Waals surface area contributed by atoms with Crippen molar-refractivity contribution in [1.29, 1.82) is 0 Å². The maximum atomic E-state index is 13.2. The fourth-order valence-corrected chi connectivity index (χ4v) is 4.84. The lowest BCUT2D eigenvalue weighted by Gasteiger charge is -2.17. The Balaban J connectivity index is 1.86. The number of carbonyl (C=O) groups excluding carboxylic acids is 1. The minimum Gasteiger partial charge on any atom is -0.318 e. The van der Waals surface area contributed by atoms with Gasteiger partial charge < -0.3 is 4.57 Å². The highest BCUT2D eigenvalue weighted by molar-refractivity contribution is 7.64. The van der Waals surface area contributed by atoms with Crippen LogP contribution in [0.1, 0.15) is 65.6 Å². The molecule has 2 aromatic rings. The summed E-state index contributed by atoms with van der Waals surface area (Å²) < 4.78 is 91.5. The summed E-state index contributed by atoms with van der Waals surface area (Å²) >= 11 is 0. The molecule has 176 valence electrons. The summed E-state index contributed by atoms with van der Waals surface area (Å²) in [6.45, 7) is 0. The van der Waals surface area contributed by atoms with Crippen LogP contribution in [0.3, 0.4) is 0 Å². The van der Waals surface area contributed by atoms with E-state index in [2.05, 4.69) is 12.1 Å². The second-order valence-corrected chi connectivity index (χ2v) is 9.38. The van der Waals surface area contributed by atoms with Gasteiger partial charge in [0.25, 0.3) is 0 Å². The van der Waals surface area contributed by atoms with Crippen LogP contribution in [0.5, 0.6) is 0 Å². The van der Waals surface area contributed by atoms with E-state index in [4.69, 9.17) is 0 Å². The Morgan fingerprint density at radius 1 is 0.688 bits per heavy atom. The molecule has 2 aromatic carbocycles. The first-order valence-electron chi connectivity index (χ1n) is 10.4. The Hall–Kier alpha value is -2.08. The molecule has 0 spiro atoms. The van der Waals surface area contributed by atoms with Crippen LogP contribution in [0.4, 0.5) is 26.3 Å². The molecule has 0 aliphatic rings. The lowest BCUT2D eigenvalue weighted by molar-refractivity contribution is -0.143. The van der Waals surface area contributed by atoms with Gasteiger partial charge in [0.1, 0.15) is 7.80 Å². The van der Waals surface area contributed by atoms with Crippen molar-refractivity contribution in [2.75, 3.05) is 6.16 Å². The summed E-state index contributed by atoms with van der Waals surface area (Å²) in [5.74, 6) is 0. The molecule has 32 heavy (non-hydrogen) atoms. The van der Waals surface area contributed by atoms with Crippen LogP contribution in [0.25, 0.3) is 0 Å². The molecule has 0 fully saturated rings. The summed E-state index contributed by atoms with van der Waals surface area (Å²) in [6.07, 6.45) is -4.92. The maximum Gasteiger partial charge on any atom is 0.417 e. The van der Waals surface area contributed by atoms with E-state index in [1.165, 1.54) is 5.56 Å². The molecule has 2 nitrogen and oxygen atoms in total. The topological polar surface area (TPSA) is 34.1 Å². The molecular formula is C23H25F6O2P. The van der Waals surface area contributed by atoms with Crippen LogP contribution >= 0.6 is 7.80 Å². The standard InChI is InChI=1S/C23H25F6O2P/c24-22(25,26)18-14-10-15-19(23(27,28)29)20(18)21(30)32(31)16-9-4-2-1-3-6-11-17-12-7-5-8-13-17/h5,7-8,10,12-15,32H,1-4,6,9,11,16H2. The van der Waals surface area contributed by atoms with Gasteiger partial charge in [-0.1, -0.05) is 62.1 Å². The van der Waals surface area contributed by atoms with Gasteiger partial charge in [0, 0.05) is 11.7 Å². The van der Waals surface area contributed by atoms with Crippen molar-refractivity contribution in [1.82, 2.24) is 0 Å². The number of unbranched alkanes of at least 4 members (excludes halogenated alkanes) is 5. The number of benzene rings is 2. The first-order valence-corrected chi connectivity index (χ1v) is 12.0. The quantitative estimate of drug-likeness (QED) is 0.186. The third-order valence-corrected chi connectivity index (χ3v) is 6.68. The zero-order valence-electron chi connectivity index (χ0n) is 17.4. The molecule has 1 atom stereocenters. The van der Waals surface area contributed by atoms with E-state index in [9.17, 15) is 35.7 Å².